The monoisotopic (exact) mass is 356 g/mol. The van der Waals surface area contributed by atoms with E-state index in [0.717, 1.165) is 50.4 Å². The third-order valence-electron chi connectivity index (χ3n) is 4.37. The zero-order valence-electron chi connectivity index (χ0n) is 14.8. The van der Waals surface area contributed by atoms with Gasteiger partial charge in [0.1, 0.15) is 5.69 Å². The quantitative estimate of drug-likeness (QED) is 0.511. The Labute approximate surface area is 150 Å². The van der Waals surface area contributed by atoms with Gasteiger partial charge in [-0.15, -0.1) is 12.4 Å². The summed E-state index contributed by atoms with van der Waals surface area (Å²) in [4.78, 5) is 29.6. The first-order valence-corrected chi connectivity index (χ1v) is 8.48. The lowest BCUT2D eigenvalue weighted by Gasteiger charge is -2.27. The Morgan fingerprint density at radius 2 is 1.92 bits per heavy atom. The van der Waals surface area contributed by atoms with E-state index in [1.54, 1.807) is 6.92 Å². The number of aromatic nitrogens is 1. The fourth-order valence-electron chi connectivity index (χ4n) is 3.23. The highest BCUT2D eigenvalue weighted by molar-refractivity contribution is 6.02. The topological polar surface area (TPSA) is 77.2 Å². The zero-order chi connectivity index (χ0) is 16.8. The number of carbonyl (C=O) groups is 2. The van der Waals surface area contributed by atoms with E-state index in [0.29, 0.717) is 24.2 Å². The van der Waals surface area contributed by atoms with Gasteiger partial charge in [0.25, 0.3) is 5.91 Å². The van der Waals surface area contributed by atoms with Gasteiger partial charge in [0.2, 0.25) is 0 Å². The van der Waals surface area contributed by atoms with Crippen molar-refractivity contribution in [2.24, 2.45) is 0 Å². The number of aryl methyl sites for hydroxylation is 1. The molecule has 136 valence electrons. The minimum absolute atomic E-state index is 0. The molecular formula is C17H29ClN4O2. The van der Waals surface area contributed by atoms with E-state index in [1.807, 2.05) is 13.8 Å². The molecule has 6 nitrogen and oxygen atoms in total. The van der Waals surface area contributed by atoms with E-state index >= 15 is 0 Å². The summed E-state index contributed by atoms with van der Waals surface area (Å²) in [6.07, 6.45) is 1.61. The number of carbonyl (C=O) groups excluding carboxylic acids is 2. The van der Waals surface area contributed by atoms with Gasteiger partial charge < -0.3 is 20.5 Å². The third kappa shape index (κ3) is 5.06. The zero-order valence-corrected chi connectivity index (χ0v) is 15.6. The maximum absolute atomic E-state index is 12.4. The Morgan fingerprint density at radius 3 is 2.50 bits per heavy atom. The molecular weight excluding hydrogens is 328 g/mol. The van der Waals surface area contributed by atoms with E-state index < -0.39 is 0 Å². The van der Waals surface area contributed by atoms with Gasteiger partial charge in [-0.1, -0.05) is 6.92 Å². The molecule has 1 aromatic heterocycles. The second-order valence-corrected chi connectivity index (χ2v) is 6.09. The molecule has 1 aromatic rings. The van der Waals surface area contributed by atoms with Crippen LogP contribution in [0.5, 0.6) is 0 Å². The molecule has 0 bridgehead atoms. The standard InChI is InChI=1S/C17H28N4O2.ClH/c1-4-14-15(13(3)22)12(2)20-16(14)17(23)19-6-5-9-21-10-7-18-8-11-21;/h18,20H,4-11H2,1-3H3,(H,19,23);1H. The van der Waals surface area contributed by atoms with Gasteiger partial charge >= 0.3 is 0 Å². The van der Waals surface area contributed by atoms with Gasteiger partial charge in [-0.2, -0.15) is 0 Å². The maximum atomic E-state index is 12.4. The van der Waals surface area contributed by atoms with Crippen LogP contribution in [0, 0.1) is 6.92 Å². The van der Waals surface area contributed by atoms with Crippen LogP contribution in [0.1, 0.15) is 52.4 Å². The predicted molar refractivity (Wildman–Crippen MR) is 98.4 cm³/mol. The molecule has 2 rings (SSSR count). The second-order valence-electron chi connectivity index (χ2n) is 6.09. The van der Waals surface area contributed by atoms with Crippen molar-refractivity contribution in [3.63, 3.8) is 0 Å². The molecule has 0 aliphatic carbocycles. The number of aromatic amines is 1. The van der Waals surface area contributed by atoms with E-state index in [2.05, 4.69) is 20.5 Å². The highest BCUT2D eigenvalue weighted by Gasteiger charge is 2.21. The number of nitrogens with zero attached hydrogens (tertiary/aromatic N) is 1. The smallest absolute Gasteiger partial charge is 0.268 e. The van der Waals surface area contributed by atoms with Crippen LogP contribution < -0.4 is 10.6 Å². The number of halogens is 1. The number of hydrogen-bond acceptors (Lipinski definition) is 4. The summed E-state index contributed by atoms with van der Waals surface area (Å²) in [5.41, 5.74) is 2.81. The SMILES string of the molecule is CCc1c(C(=O)NCCCN2CCNCC2)[nH]c(C)c1C(C)=O.Cl. The normalized spacial score (nSPS) is 15.0. The van der Waals surface area contributed by atoms with Crippen LogP contribution in [0.4, 0.5) is 0 Å². The fourth-order valence-corrected chi connectivity index (χ4v) is 3.23. The number of nitrogens with one attached hydrogen (secondary N) is 3. The van der Waals surface area contributed by atoms with Gasteiger partial charge in [-0.3, -0.25) is 9.59 Å². The largest absolute Gasteiger partial charge is 0.354 e. The molecule has 2 heterocycles. The van der Waals surface area contributed by atoms with Crippen molar-refractivity contribution >= 4 is 24.1 Å². The molecule has 0 spiro atoms. The molecule has 0 aromatic carbocycles. The highest BCUT2D eigenvalue weighted by atomic mass is 35.5. The number of Topliss-reactive ketones (excluding diaryl/α,β-unsaturated/α-hetero) is 1. The van der Waals surface area contributed by atoms with Crippen molar-refractivity contribution in [2.75, 3.05) is 39.3 Å². The van der Waals surface area contributed by atoms with Crippen LogP contribution in [-0.4, -0.2) is 60.8 Å². The Hall–Kier alpha value is -1.37. The van der Waals surface area contributed by atoms with Crippen molar-refractivity contribution in [2.45, 2.75) is 33.6 Å². The summed E-state index contributed by atoms with van der Waals surface area (Å²) in [5, 5.41) is 6.30. The van der Waals surface area contributed by atoms with E-state index in [-0.39, 0.29) is 24.1 Å². The average molecular weight is 357 g/mol. The molecule has 3 N–H and O–H groups in total. The number of rotatable bonds is 7. The van der Waals surface area contributed by atoms with Crippen molar-refractivity contribution < 1.29 is 9.59 Å². The lowest BCUT2D eigenvalue weighted by molar-refractivity contribution is 0.0945. The minimum Gasteiger partial charge on any atom is -0.354 e. The van der Waals surface area contributed by atoms with Crippen molar-refractivity contribution in [3.8, 4) is 0 Å². The predicted octanol–water partition coefficient (Wildman–Crippen LogP) is 1.54. The number of H-pyrrole nitrogens is 1. The van der Waals surface area contributed by atoms with Crippen molar-refractivity contribution in [1.82, 2.24) is 20.5 Å². The maximum Gasteiger partial charge on any atom is 0.268 e. The molecule has 1 aliphatic heterocycles. The molecule has 7 heteroatoms. The summed E-state index contributed by atoms with van der Waals surface area (Å²) in [6.45, 7) is 11.3. The highest BCUT2D eigenvalue weighted by Crippen LogP contribution is 2.20. The van der Waals surface area contributed by atoms with Gasteiger partial charge in [-0.25, -0.2) is 0 Å². The van der Waals surface area contributed by atoms with Crippen molar-refractivity contribution in [1.29, 1.82) is 0 Å². The third-order valence-corrected chi connectivity index (χ3v) is 4.37. The van der Waals surface area contributed by atoms with Gasteiger partial charge in [0, 0.05) is 44.0 Å². The number of ketones is 1. The Kier molecular flexibility index (Phi) is 8.45. The Balaban J connectivity index is 0.00000288. The first-order chi connectivity index (χ1) is 11.0. The molecule has 1 fully saturated rings. The molecule has 1 aliphatic rings. The summed E-state index contributed by atoms with van der Waals surface area (Å²) < 4.78 is 0. The van der Waals surface area contributed by atoms with Crippen LogP contribution in [0.2, 0.25) is 0 Å². The van der Waals surface area contributed by atoms with Crippen LogP contribution >= 0.6 is 12.4 Å². The molecule has 0 radical (unpaired) electrons. The van der Waals surface area contributed by atoms with Gasteiger partial charge in [0.05, 0.1) is 0 Å². The van der Waals surface area contributed by atoms with Crippen molar-refractivity contribution in [3.05, 3.63) is 22.5 Å². The molecule has 0 saturated carbocycles. The molecule has 24 heavy (non-hydrogen) atoms. The molecule has 0 atom stereocenters. The lowest BCUT2D eigenvalue weighted by Crippen LogP contribution is -2.44. The number of hydrogen-bond donors (Lipinski definition) is 3. The fraction of sp³-hybridized carbons (Fsp3) is 0.647. The average Bonchev–Trinajstić information content (AvgIpc) is 2.89. The minimum atomic E-state index is -0.113. The van der Waals surface area contributed by atoms with Crippen LogP contribution in [0.15, 0.2) is 0 Å². The summed E-state index contributed by atoms with van der Waals surface area (Å²) >= 11 is 0. The number of amides is 1. The van der Waals surface area contributed by atoms with E-state index in [4.69, 9.17) is 0 Å². The lowest BCUT2D eigenvalue weighted by atomic mass is 10.0. The first kappa shape index (κ1) is 20.7. The van der Waals surface area contributed by atoms with E-state index in [9.17, 15) is 9.59 Å². The molecule has 1 amide bonds. The second kappa shape index (κ2) is 9.81. The summed E-state index contributed by atoms with van der Waals surface area (Å²) in [5.74, 6) is -0.105. The first-order valence-electron chi connectivity index (χ1n) is 8.48. The molecule has 1 saturated heterocycles. The number of piperazine rings is 1. The van der Waals surface area contributed by atoms with Crippen LogP contribution in [-0.2, 0) is 6.42 Å². The van der Waals surface area contributed by atoms with Gasteiger partial charge in [0.15, 0.2) is 5.78 Å². The summed E-state index contributed by atoms with van der Waals surface area (Å²) in [6, 6.07) is 0. The van der Waals surface area contributed by atoms with Crippen LogP contribution in [0.3, 0.4) is 0 Å². The van der Waals surface area contributed by atoms with Gasteiger partial charge in [-0.05, 0) is 38.8 Å². The van der Waals surface area contributed by atoms with Crippen LogP contribution in [0.25, 0.3) is 0 Å². The summed E-state index contributed by atoms with van der Waals surface area (Å²) in [7, 11) is 0. The van der Waals surface area contributed by atoms with E-state index in [1.165, 1.54) is 0 Å². The molecule has 0 unspecified atom stereocenters. The Morgan fingerprint density at radius 1 is 1.25 bits per heavy atom. The Bertz CT molecular complexity index is 565.